The largest absolute Gasteiger partial charge is 0.308 e. The highest BCUT2D eigenvalue weighted by Crippen LogP contribution is 2.23. The van der Waals surface area contributed by atoms with E-state index < -0.39 is 9.84 Å². The predicted octanol–water partition coefficient (Wildman–Crippen LogP) is 1.62. The molecule has 5 nitrogen and oxygen atoms in total. The molecule has 20 heavy (non-hydrogen) atoms. The molecule has 0 saturated heterocycles. The van der Waals surface area contributed by atoms with Gasteiger partial charge in [0.25, 0.3) is 0 Å². The monoisotopic (exact) mass is 293 g/mol. The Morgan fingerprint density at radius 2 is 1.90 bits per heavy atom. The molecule has 6 heteroatoms. The zero-order valence-corrected chi connectivity index (χ0v) is 12.7. The van der Waals surface area contributed by atoms with Crippen molar-refractivity contribution in [2.75, 3.05) is 13.3 Å². The summed E-state index contributed by atoms with van der Waals surface area (Å²) in [4.78, 5) is 0.333. The van der Waals surface area contributed by atoms with Crippen LogP contribution in [-0.2, 0) is 16.4 Å². The Morgan fingerprint density at radius 3 is 2.40 bits per heavy atom. The van der Waals surface area contributed by atoms with Gasteiger partial charge in [-0.2, -0.15) is 5.10 Å². The fourth-order valence-electron chi connectivity index (χ4n) is 2.25. The minimum atomic E-state index is -3.16. The van der Waals surface area contributed by atoms with Crippen molar-refractivity contribution in [3.8, 4) is 0 Å². The van der Waals surface area contributed by atoms with Gasteiger partial charge < -0.3 is 5.32 Å². The molecule has 0 aliphatic rings. The number of nitrogens with zero attached hydrogens (tertiary/aromatic N) is 2. The van der Waals surface area contributed by atoms with Crippen molar-refractivity contribution in [2.45, 2.75) is 24.4 Å². The molecule has 0 radical (unpaired) electrons. The van der Waals surface area contributed by atoms with E-state index in [2.05, 4.69) is 10.4 Å². The molecule has 1 heterocycles. The lowest BCUT2D eigenvalue weighted by Gasteiger charge is -2.18. The fraction of sp³-hybridized carbons (Fsp3) is 0.357. The van der Waals surface area contributed by atoms with Crippen molar-refractivity contribution in [3.05, 3.63) is 47.8 Å². The first kappa shape index (κ1) is 14.7. The van der Waals surface area contributed by atoms with Crippen molar-refractivity contribution in [1.29, 1.82) is 0 Å². The van der Waals surface area contributed by atoms with Crippen LogP contribution >= 0.6 is 0 Å². The van der Waals surface area contributed by atoms with Crippen LogP contribution in [0.1, 0.15) is 24.2 Å². The average Bonchev–Trinajstić information content (AvgIpc) is 2.87. The van der Waals surface area contributed by atoms with E-state index in [4.69, 9.17) is 0 Å². The predicted molar refractivity (Wildman–Crippen MR) is 78.4 cm³/mol. The van der Waals surface area contributed by atoms with Crippen molar-refractivity contribution in [3.63, 3.8) is 0 Å². The Hall–Kier alpha value is -1.66. The number of nitrogens with one attached hydrogen (secondary N) is 1. The highest BCUT2D eigenvalue weighted by Gasteiger charge is 2.17. The normalized spacial score (nSPS) is 13.3. The highest BCUT2D eigenvalue weighted by molar-refractivity contribution is 7.90. The van der Waals surface area contributed by atoms with Gasteiger partial charge in [0.15, 0.2) is 9.84 Å². The van der Waals surface area contributed by atoms with Gasteiger partial charge in [-0.15, -0.1) is 0 Å². The van der Waals surface area contributed by atoms with Crippen molar-refractivity contribution in [2.24, 2.45) is 0 Å². The summed E-state index contributed by atoms with van der Waals surface area (Å²) in [7, 11) is -1.28. The number of aryl methyl sites for hydroxylation is 1. The van der Waals surface area contributed by atoms with Gasteiger partial charge in [0.2, 0.25) is 0 Å². The summed E-state index contributed by atoms with van der Waals surface area (Å²) in [5, 5.41) is 7.51. The third kappa shape index (κ3) is 2.91. The van der Waals surface area contributed by atoms with E-state index in [1.54, 1.807) is 18.3 Å². The summed E-state index contributed by atoms with van der Waals surface area (Å²) in [6.45, 7) is 2.83. The molecule has 0 spiro atoms. The number of hydrogen-bond donors (Lipinski definition) is 1. The summed E-state index contributed by atoms with van der Waals surface area (Å²) in [5.74, 6) is 0. The van der Waals surface area contributed by atoms with Gasteiger partial charge in [-0.3, -0.25) is 4.68 Å². The van der Waals surface area contributed by atoms with Crippen LogP contribution in [0.25, 0.3) is 0 Å². The van der Waals surface area contributed by atoms with Gasteiger partial charge in [-0.25, -0.2) is 8.42 Å². The van der Waals surface area contributed by atoms with E-state index in [1.807, 2.05) is 36.9 Å². The van der Waals surface area contributed by atoms with Crippen LogP contribution in [0.2, 0.25) is 0 Å². The first-order valence-corrected chi connectivity index (χ1v) is 8.35. The molecule has 1 unspecified atom stereocenters. The van der Waals surface area contributed by atoms with Crippen LogP contribution in [0.3, 0.4) is 0 Å². The Kier molecular flexibility index (Phi) is 4.25. The summed E-state index contributed by atoms with van der Waals surface area (Å²) < 4.78 is 24.9. The highest BCUT2D eigenvalue weighted by atomic mass is 32.2. The molecular weight excluding hydrogens is 274 g/mol. The maximum atomic E-state index is 11.5. The number of aromatic nitrogens is 2. The molecule has 0 bridgehead atoms. The van der Waals surface area contributed by atoms with E-state index in [-0.39, 0.29) is 6.04 Å². The van der Waals surface area contributed by atoms with E-state index >= 15 is 0 Å². The molecule has 1 aromatic heterocycles. The molecule has 0 aliphatic heterocycles. The lowest BCUT2D eigenvalue weighted by atomic mass is 10.0. The Bertz CT molecular complexity index is 675. The molecule has 0 aliphatic carbocycles. The molecular formula is C14H19N3O2S. The molecule has 0 saturated carbocycles. The Balaban J connectivity index is 2.38. The van der Waals surface area contributed by atoms with E-state index in [1.165, 1.54) is 6.26 Å². The second kappa shape index (κ2) is 5.76. The molecule has 108 valence electrons. The standard InChI is InChI=1S/C14H19N3O2S/c1-4-17-13(9-10-16-17)14(15-2)11-5-7-12(8-6-11)20(3,18)19/h5-10,14-15H,4H2,1-3H3. The zero-order valence-electron chi connectivity index (χ0n) is 11.9. The summed E-state index contributed by atoms with van der Waals surface area (Å²) in [6.07, 6.45) is 2.98. The summed E-state index contributed by atoms with van der Waals surface area (Å²) in [5.41, 5.74) is 2.07. The van der Waals surface area contributed by atoms with Gasteiger partial charge in [0.05, 0.1) is 16.6 Å². The maximum Gasteiger partial charge on any atom is 0.175 e. The minimum absolute atomic E-state index is 0.00828. The molecule has 1 N–H and O–H groups in total. The smallest absolute Gasteiger partial charge is 0.175 e. The van der Waals surface area contributed by atoms with Gasteiger partial charge in [0.1, 0.15) is 0 Å². The van der Waals surface area contributed by atoms with Gasteiger partial charge in [0, 0.05) is 19.0 Å². The lowest BCUT2D eigenvalue weighted by molar-refractivity contribution is 0.563. The molecule has 0 amide bonds. The summed E-state index contributed by atoms with van der Waals surface area (Å²) >= 11 is 0. The van der Waals surface area contributed by atoms with Gasteiger partial charge in [-0.05, 0) is 37.7 Å². The van der Waals surface area contributed by atoms with Crippen LogP contribution in [-0.4, -0.2) is 31.5 Å². The van der Waals surface area contributed by atoms with Crippen LogP contribution in [0.5, 0.6) is 0 Å². The Labute approximate surface area is 119 Å². The van der Waals surface area contributed by atoms with Crippen LogP contribution in [0.4, 0.5) is 0 Å². The van der Waals surface area contributed by atoms with Crippen molar-refractivity contribution < 1.29 is 8.42 Å². The second-order valence-corrected chi connectivity index (χ2v) is 6.65. The van der Waals surface area contributed by atoms with E-state index in [0.717, 1.165) is 17.8 Å². The summed E-state index contributed by atoms with van der Waals surface area (Å²) in [6, 6.07) is 8.92. The molecule has 0 fully saturated rings. The van der Waals surface area contributed by atoms with Crippen LogP contribution in [0, 0.1) is 0 Å². The molecule has 1 atom stereocenters. The number of sulfone groups is 1. The fourth-order valence-corrected chi connectivity index (χ4v) is 2.88. The van der Waals surface area contributed by atoms with E-state index in [9.17, 15) is 8.42 Å². The molecule has 1 aromatic carbocycles. The second-order valence-electron chi connectivity index (χ2n) is 4.63. The third-order valence-corrected chi connectivity index (χ3v) is 4.40. The number of hydrogen-bond acceptors (Lipinski definition) is 4. The number of rotatable bonds is 5. The van der Waals surface area contributed by atoms with Crippen molar-refractivity contribution >= 4 is 9.84 Å². The minimum Gasteiger partial charge on any atom is -0.308 e. The van der Waals surface area contributed by atoms with Crippen molar-refractivity contribution in [1.82, 2.24) is 15.1 Å². The first-order chi connectivity index (χ1) is 9.47. The van der Waals surface area contributed by atoms with Crippen LogP contribution < -0.4 is 5.32 Å². The van der Waals surface area contributed by atoms with Gasteiger partial charge in [-0.1, -0.05) is 12.1 Å². The lowest BCUT2D eigenvalue weighted by Crippen LogP contribution is -2.21. The SMILES string of the molecule is CCn1nccc1C(NC)c1ccc(S(C)(=O)=O)cc1. The number of benzene rings is 1. The maximum absolute atomic E-state index is 11.5. The topological polar surface area (TPSA) is 64.0 Å². The Morgan fingerprint density at radius 1 is 1.25 bits per heavy atom. The average molecular weight is 293 g/mol. The molecule has 2 aromatic rings. The quantitative estimate of drug-likeness (QED) is 0.910. The zero-order chi connectivity index (χ0) is 14.8. The first-order valence-electron chi connectivity index (χ1n) is 6.46. The molecule has 2 rings (SSSR count). The third-order valence-electron chi connectivity index (χ3n) is 3.27. The van der Waals surface area contributed by atoms with Gasteiger partial charge >= 0.3 is 0 Å². The van der Waals surface area contributed by atoms with E-state index in [0.29, 0.717) is 4.90 Å². The van der Waals surface area contributed by atoms with Crippen LogP contribution in [0.15, 0.2) is 41.4 Å².